The second kappa shape index (κ2) is 7.11. The minimum atomic E-state index is -0.996. The maximum absolute atomic E-state index is 11.9. The second-order valence-electron chi connectivity index (χ2n) is 5.42. The number of hydrogen-bond acceptors (Lipinski definition) is 3. The molecule has 1 aliphatic rings. The topological polar surface area (TPSA) is 75.6 Å². The molecule has 0 unspecified atom stereocenters. The normalized spacial score (nSPS) is 15.5. The lowest BCUT2D eigenvalue weighted by atomic mass is 9.95. The number of ether oxygens (including phenoxy) is 1. The van der Waals surface area contributed by atoms with E-state index in [9.17, 15) is 9.59 Å². The third-order valence-electron chi connectivity index (χ3n) is 3.84. The summed E-state index contributed by atoms with van der Waals surface area (Å²) in [7, 11) is 0. The molecule has 2 rings (SSSR count). The zero-order valence-electron chi connectivity index (χ0n) is 12.2. The van der Waals surface area contributed by atoms with Crippen molar-refractivity contribution in [3.8, 4) is 5.75 Å². The first-order valence-electron chi connectivity index (χ1n) is 7.33. The molecule has 1 amide bonds. The number of hydrogen-bond donors (Lipinski definition) is 2. The molecule has 1 aliphatic carbocycles. The SMILES string of the molecule is Cc1c(OCC(=O)NC2CCCCC2)cccc1C(=O)O. The van der Waals surface area contributed by atoms with E-state index in [0.717, 1.165) is 25.7 Å². The third-order valence-corrected chi connectivity index (χ3v) is 3.84. The van der Waals surface area contributed by atoms with E-state index < -0.39 is 5.97 Å². The van der Waals surface area contributed by atoms with Gasteiger partial charge in [0.1, 0.15) is 5.75 Å². The first-order chi connectivity index (χ1) is 10.1. The molecule has 1 fully saturated rings. The fourth-order valence-electron chi connectivity index (χ4n) is 2.66. The molecule has 0 heterocycles. The molecule has 1 saturated carbocycles. The van der Waals surface area contributed by atoms with Gasteiger partial charge in [0, 0.05) is 11.6 Å². The van der Waals surface area contributed by atoms with Crippen molar-refractivity contribution in [2.24, 2.45) is 0 Å². The van der Waals surface area contributed by atoms with Gasteiger partial charge in [-0.15, -0.1) is 0 Å². The Labute approximate surface area is 124 Å². The van der Waals surface area contributed by atoms with E-state index >= 15 is 0 Å². The van der Waals surface area contributed by atoms with Crippen molar-refractivity contribution >= 4 is 11.9 Å². The van der Waals surface area contributed by atoms with Crippen LogP contribution in [0.3, 0.4) is 0 Å². The molecule has 0 aromatic heterocycles. The molecular formula is C16H21NO4. The first kappa shape index (κ1) is 15.4. The van der Waals surface area contributed by atoms with Crippen molar-refractivity contribution in [1.82, 2.24) is 5.32 Å². The Morgan fingerprint density at radius 2 is 2.00 bits per heavy atom. The van der Waals surface area contributed by atoms with E-state index in [-0.39, 0.29) is 24.1 Å². The summed E-state index contributed by atoms with van der Waals surface area (Å²) in [4.78, 5) is 22.9. The molecule has 5 heteroatoms. The number of carbonyl (C=O) groups is 2. The summed E-state index contributed by atoms with van der Waals surface area (Å²) in [5.41, 5.74) is 0.732. The molecule has 0 radical (unpaired) electrons. The Kier molecular flexibility index (Phi) is 5.20. The molecule has 5 nitrogen and oxygen atoms in total. The summed E-state index contributed by atoms with van der Waals surface area (Å²) in [6, 6.07) is 5.06. The van der Waals surface area contributed by atoms with E-state index in [2.05, 4.69) is 5.32 Å². The monoisotopic (exact) mass is 291 g/mol. The van der Waals surface area contributed by atoms with Gasteiger partial charge in [0.2, 0.25) is 0 Å². The average molecular weight is 291 g/mol. The van der Waals surface area contributed by atoms with Crippen LogP contribution in [0.5, 0.6) is 5.75 Å². The zero-order valence-corrected chi connectivity index (χ0v) is 12.2. The van der Waals surface area contributed by atoms with Crippen LogP contribution in [0, 0.1) is 6.92 Å². The molecule has 0 atom stereocenters. The quantitative estimate of drug-likeness (QED) is 0.874. The minimum Gasteiger partial charge on any atom is -0.483 e. The van der Waals surface area contributed by atoms with E-state index in [4.69, 9.17) is 9.84 Å². The number of carboxylic acids is 1. The summed E-state index contributed by atoms with van der Waals surface area (Å²) >= 11 is 0. The van der Waals surface area contributed by atoms with Crippen molar-refractivity contribution in [1.29, 1.82) is 0 Å². The summed E-state index contributed by atoms with van der Waals surface area (Å²) in [6.07, 6.45) is 5.61. The van der Waals surface area contributed by atoms with Gasteiger partial charge in [-0.3, -0.25) is 4.79 Å². The highest BCUT2D eigenvalue weighted by Gasteiger charge is 2.16. The van der Waals surface area contributed by atoms with E-state index in [1.807, 2.05) is 0 Å². The van der Waals surface area contributed by atoms with Crippen molar-refractivity contribution < 1.29 is 19.4 Å². The van der Waals surface area contributed by atoms with E-state index in [1.54, 1.807) is 19.1 Å². The van der Waals surface area contributed by atoms with Gasteiger partial charge in [-0.25, -0.2) is 4.79 Å². The standard InChI is InChI=1S/C16H21NO4/c1-11-13(16(19)20)8-5-9-14(11)21-10-15(18)17-12-6-3-2-4-7-12/h5,8-9,12H,2-4,6-7,10H2,1H3,(H,17,18)(H,19,20). The van der Waals surface area contributed by atoms with Gasteiger partial charge in [0.25, 0.3) is 5.91 Å². The smallest absolute Gasteiger partial charge is 0.336 e. The average Bonchev–Trinajstić information content (AvgIpc) is 2.47. The Bertz CT molecular complexity index is 521. The van der Waals surface area contributed by atoms with E-state index in [1.165, 1.54) is 12.5 Å². The molecular weight excluding hydrogens is 270 g/mol. The van der Waals surface area contributed by atoms with Crippen LogP contribution in [0.2, 0.25) is 0 Å². The van der Waals surface area contributed by atoms with Crippen LogP contribution in [0.25, 0.3) is 0 Å². The summed E-state index contributed by atoms with van der Waals surface area (Å²) in [6.45, 7) is 1.60. The summed E-state index contributed by atoms with van der Waals surface area (Å²) < 4.78 is 5.46. The van der Waals surface area contributed by atoms with Gasteiger partial charge >= 0.3 is 5.97 Å². The summed E-state index contributed by atoms with van der Waals surface area (Å²) in [5, 5.41) is 12.0. The highest BCUT2D eigenvalue weighted by Crippen LogP contribution is 2.21. The highest BCUT2D eigenvalue weighted by molar-refractivity contribution is 5.90. The number of rotatable bonds is 5. The largest absolute Gasteiger partial charge is 0.483 e. The molecule has 0 bridgehead atoms. The number of aromatic carboxylic acids is 1. The molecule has 0 aliphatic heterocycles. The van der Waals surface area contributed by atoms with Crippen LogP contribution in [0.4, 0.5) is 0 Å². The summed E-state index contributed by atoms with van der Waals surface area (Å²) in [5.74, 6) is -0.708. The highest BCUT2D eigenvalue weighted by atomic mass is 16.5. The van der Waals surface area contributed by atoms with Crippen LogP contribution in [-0.2, 0) is 4.79 Å². The Morgan fingerprint density at radius 1 is 1.29 bits per heavy atom. The van der Waals surface area contributed by atoms with Crippen molar-refractivity contribution in [3.05, 3.63) is 29.3 Å². The number of benzene rings is 1. The van der Waals surface area contributed by atoms with Crippen molar-refractivity contribution in [3.63, 3.8) is 0 Å². The van der Waals surface area contributed by atoms with Gasteiger partial charge < -0.3 is 15.2 Å². The van der Waals surface area contributed by atoms with Gasteiger partial charge in [-0.2, -0.15) is 0 Å². The minimum absolute atomic E-state index is 0.0829. The predicted octanol–water partition coefficient (Wildman–Crippen LogP) is 2.52. The van der Waals surface area contributed by atoms with Crippen LogP contribution in [0.1, 0.15) is 48.0 Å². The maximum Gasteiger partial charge on any atom is 0.336 e. The maximum atomic E-state index is 11.9. The van der Waals surface area contributed by atoms with E-state index in [0.29, 0.717) is 11.3 Å². The third kappa shape index (κ3) is 4.21. The van der Waals surface area contributed by atoms with Crippen molar-refractivity contribution in [2.45, 2.75) is 45.1 Å². The molecule has 0 spiro atoms. The molecule has 0 saturated heterocycles. The number of carbonyl (C=O) groups excluding carboxylic acids is 1. The van der Waals surface area contributed by atoms with Crippen LogP contribution >= 0.6 is 0 Å². The van der Waals surface area contributed by atoms with Crippen LogP contribution < -0.4 is 10.1 Å². The molecule has 1 aromatic rings. The lowest BCUT2D eigenvalue weighted by molar-refractivity contribution is -0.124. The van der Waals surface area contributed by atoms with Gasteiger partial charge in [0.15, 0.2) is 6.61 Å². The Morgan fingerprint density at radius 3 is 2.67 bits per heavy atom. The van der Waals surface area contributed by atoms with Crippen molar-refractivity contribution in [2.75, 3.05) is 6.61 Å². The molecule has 21 heavy (non-hydrogen) atoms. The van der Waals surface area contributed by atoms with Crippen LogP contribution in [-0.4, -0.2) is 29.6 Å². The Balaban J connectivity index is 1.89. The first-order valence-corrected chi connectivity index (χ1v) is 7.33. The number of nitrogens with one attached hydrogen (secondary N) is 1. The zero-order chi connectivity index (χ0) is 15.2. The molecule has 1 aromatic carbocycles. The fourth-order valence-corrected chi connectivity index (χ4v) is 2.66. The fraction of sp³-hybridized carbons (Fsp3) is 0.500. The van der Waals surface area contributed by atoms with Gasteiger partial charge in [-0.05, 0) is 31.9 Å². The molecule has 2 N–H and O–H groups in total. The van der Waals surface area contributed by atoms with Crippen LogP contribution in [0.15, 0.2) is 18.2 Å². The lowest BCUT2D eigenvalue weighted by Crippen LogP contribution is -2.39. The van der Waals surface area contributed by atoms with Gasteiger partial charge in [0.05, 0.1) is 5.56 Å². The number of carboxylic acid groups (broad SMARTS) is 1. The number of amides is 1. The Hall–Kier alpha value is -2.04. The lowest BCUT2D eigenvalue weighted by Gasteiger charge is -2.22. The molecule has 114 valence electrons. The second-order valence-corrected chi connectivity index (χ2v) is 5.42. The van der Waals surface area contributed by atoms with Gasteiger partial charge in [-0.1, -0.05) is 25.3 Å². The predicted molar refractivity (Wildman–Crippen MR) is 78.6 cm³/mol.